The van der Waals surface area contributed by atoms with Gasteiger partial charge in [-0.1, -0.05) is 18.2 Å². The molecule has 0 amide bonds. The average molecular weight is 360 g/mol. The molecule has 0 radical (unpaired) electrons. The number of aromatic nitrogens is 3. The number of anilines is 1. The van der Waals surface area contributed by atoms with E-state index in [1.807, 2.05) is 46.4 Å². The first kappa shape index (κ1) is 18.6. The molecule has 3 rings (SSSR count). The van der Waals surface area contributed by atoms with Crippen LogP contribution in [-0.4, -0.2) is 33.8 Å². The van der Waals surface area contributed by atoms with Gasteiger partial charge in [-0.15, -0.1) is 0 Å². The lowest BCUT2D eigenvalue weighted by Gasteiger charge is -2.21. The van der Waals surface area contributed by atoms with Crippen LogP contribution in [0.2, 0.25) is 0 Å². The summed E-state index contributed by atoms with van der Waals surface area (Å²) in [7, 11) is 5.96. The maximum absolute atomic E-state index is 9.72. The molecule has 6 heteroatoms. The van der Waals surface area contributed by atoms with Crippen molar-refractivity contribution in [3.8, 4) is 28.5 Å². The second kappa shape index (κ2) is 7.22. The fourth-order valence-corrected chi connectivity index (χ4v) is 3.24. The van der Waals surface area contributed by atoms with Crippen molar-refractivity contribution in [2.75, 3.05) is 19.8 Å². The first-order chi connectivity index (χ1) is 12.8. The molecule has 0 spiro atoms. The second-order valence-electron chi connectivity index (χ2n) is 7.00. The van der Waals surface area contributed by atoms with Gasteiger partial charge in [-0.25, -0.2) is 4.98 Å². The fraction of sp³-hybridized carbons (Fsp3) is 0.286. The van der Waals surface area contributed by atoms with E-state index in [1.165, 1.54) is 5.56 Å². The Morgan fingerprint density at radius 3 is 2.59 bits per heavy atom. The summed E-state index contributed by atoms with van der Waals surface area (Å²) < 4.78 is 1.73. The maximum atomic E-state index is 9.72. The van der Waals surface area contributed by atoms with E-state index < -0.39 is 0 Å². The van der Waals surface area contributed by atoms with E-state index in [9.17, 15) is 5.26 Å². The van der Waals surface area contributed by atoms with E-state index in [-0.39, 0.29) is 11.9 Å². The minimum absolute atomic E-state index is 0.239. The third-order valence-corrected chi connectivity index (χ3v) is 4.99. The van der Waals surface area contributed by atoms with Crippen molar-refractivity contribution in [1.29, 1.82) is 5.26 Å². The van der Waals surface area contributed by atoms with Crippen LogP contribution in [0.3, 0.4) is 0 Å². The molecule has 2 heterocycles. The molecule has 1 atom stereocenters. The normalized spacial score (nSPS) is 12.2. The van der Waals surface area contributed by atoms with Crippen LogP contribution in [0.15, 0.2) is 36.7 Å². The lowest BCUT2D eigenvalue weighted by molar-refractivity contribution is 0.321. The molecule has 3 aromatic rings. The predicted octanol–water partition coefficient (Wildman–Crippen LogP) is 3.53. The number of pyridine rings is 1. The third-order valence-electron chi connectivity index (χ3n) is 4.99. The lowest BCUT2D eigenvalue weighted by Crippen LogP contribution is -2.16. The molecule has 0 saturated carbocycles. The number of hydrogen-bond donors (Lipinski definition) is 1. The molecule has 1 aromatic carbocycles. The number of nitrogens with two attached hydrogens (primary N) is 1. The zero-order chi connectivity index (χ0) is 19.7. The predicted molar refractivity (Wildman–Crippen MR) is 108 cm³/mol. The molecule has 138 valence electrons. The van der Waals surface area contributed by atoms with Gasteiger partial charge in [-0.3, -0.25) is 4.68 Å². The fourth-order valence-electron chi connectivity index (χ4n) is 3.24. The van der Waals surface area contributed by atoms with Gasteiger partial charge < -0.3 is 10.6 Å². The average Bonchev–Trinajstić information content (AvgIpc) is 3.08. The van der Waals surface area contributed by atoms with Gasteiger partial charge in [0.05, 0.1) is 11.9 Å². The van der Waals surface area contributed by atoms with Crippen LogP contribution in [-0.2, 0) is 7.05 Å². The summed E-state index contributed by atoms with van der Waals surface area (Å²) in [6.45, 7) is 4.13. The van der Waals surface area contributed by atoms with Crippen LogP contribution in [0.5, 0.6) is 0 Å². The minimum Gasteiger partial charge on any atom is -0.383 e. The summed E-state index contributed by atoms with van der Waals surface area (Å²) in [6.07, 6.45) is 3.66. The highest BCUT2D eigenvalue weighted by atomic mass is 15.2. The molecular formula is C21H24N6. The monoisotopic (exact) mass is 360 g/mol. The molecule has 6 nitrogen and oxygen atoms in total. The van der Waals surface area contributed by atoms with E-state index >= 15 is 0 Å². The molecule has 0 fully saturated rings. The molecule has 2 aromatic heterocycles. The van der Waals surface area contributed by atoms with Crippen LogP contribution < -0.4 is 5.73 Å². The highest BCUT2D eigenvalue weighted by Crippen LogP contribution is 2.36. The van der Waals surface area contributed by atoms with E-state index in [1.54, 1.807) is 10.9 Å². The highest BCUT2D eigenvalue weighted by Gasteiger charge is 2.20. The Bertz CT molecular complexity index is 1030. The first-order valence-electron chi connectivity index (χ1n) is 8.79. The largest absolute Gasteiger partial charge is 0.383 e. The summed E-state index contributed by atoms with van der Waals surface area (Å²) in [4.78, 5) is 6.64. The SMILES string of the molecule is Cc1c(-c2cnn(C)c2)nc(N)c(C#N)c1-c1cccc([C@H](C)N(C)C)c1. The van der Waals surface area contributed by atoms with Crippen LogP contribution in [0.4, 0.5) is 5.82 Å². The van der Waals surface area contributed by atoms with Crippen LogP contribution in [0.25, 0.3) is 22.4 Å². The van der Waals surface area contributed by atoms with Crippen LogP contribution in [0.1, 0.15) is 29.7 Å². The van der Waals surface area contributed by atoms with Crippen molar-refractivity contribution in [2.24, 2.45) is 7.05 Å². The Hall–Kier alpha value is -3.17. The molecule has 0 unspecified atom stereocenters. The Kier molecular flexibility index (Phi) is 4.98. The van der Waals surface area contributed by atoms with Crippen molar-refractivity contribution in [2.45, 2.75) is 19.9 Å². The smallest absolute Gasteiger partial charge is 0.142 e. The lowest BCUT2D eigenvalue weighted by atomic mass is 9.91. The molecule has 0 aliphatic carbocycles. The molecule has 0 saturated heterocycles. The number of hydrogen-bond acceptors (Lipinski definition) is 5. The minimum atomic E-state index is 0.239. The number of nitriles is 1. The highest BCUT2D eigenvalue weighted by molar-refractivity contribution is 5.84. The number of nitrogens with zero attached hydrogens (tertiary/aromatic N) is 5. The van der Waals surface area contributed by atoms with E-state index in [2.05, 4.69) is 40.1 Å². The second-order valence-corrected chi connectivity index (χ2v) is 7.00. The van der Waals surface area contributed by atoms with Gasteiger partial charge in [-0.2, -0.15) is 10.4 Å². The third kappa shape index (κ3) is 3.42. The van der Waals surface area contributed by atoms with Gasteiger partial charge in [0.1, 0.15) is 17.5 Å². The summed E-state index contributed by atoms with van der Waals surface area (Å²) in [5, 5.41) is 14.0. The van der Waals surface area contributed by atoms with Gasteiger partial charge in [0.2, 0.25) is 0 Å². The van der Waals surface area contributed by atoms with Crippen LogP contribution in [0, 0.1) is 18.3 Å². The quantitative estimate of drug-likeness (QED) is 0.769. The van der Waals surface area contributed by atoms with Gasteiger partial charge in [0.15, 0.2) is 0 Å². The zero-order valence-corrected chi connectivity index (χ0v) is 16.4. The van der Waals surface area contributed by atoms with Gasteiger partial charge in [0, 0.05) is 30.4 Å². The maximum Gasteiger partial charge on any atom is 0.142 e. The Morgan fingerprint density at radius 1 is 1.26 bits per heavy atom. The van der Waals surface area contributed by atoms with Crippen molar-refractivity contribution in [1.82, 2.24) is 19.7 Å². The molecular weight excluding hydrogens is 336 g/mol. The van der Waals surface area contributed by atoms with Crippen molar-refractivity contribution in [3.05, 3.63) is 53.3 Å². The Balaban J connectivity index is 2.25. The molecule has 27 heavy (non-hydrogen) atoms. The number of rotatable bonds is 4. The van der Waals surface area contributed by atoms with E-state index in [0.29, 0.717) is 5.56 Å². The summed E-state index contributed by atoms with van der Waals surface area (Å²) in [5.74, 6) is 0.239. The van der Waals surface area contributed by atoms with E-state index in [4.69, 9.17) is 5.73 Å². The molecule has 0 aliphatic heterocycles. The number of nitrogen functional groups attached to an aromatic ring is 1. The topological polar surface area (TPSA) is 83.8 Å². The summed E-state index contributed by atoms with van der Waals surface area (Å²) >= 11 is 0. The molecule has 0 bridgehead atoms. The van der Waals surface area contributed by atoms with Gasteiger partial charge in [-0.05, 0) is 50.7 Å². The number of aryl methyl sites for hydroxylation is 1. The Morgan fingerprint density at radius 2 is 2.00 bits per heavy atom. The van der Waals surface area contributed by atoms with Crippen molar-refractivity contribution in [3.63, 3.8) is 0 Å². The first-order valence-corrected chi connectivity index (χ1v) is 8.79. The number of benzene rings is 1. The summed E-state index contributed by atoms with van der Waals surface area (Å²) in [6, 6.07) is 10.8. The van der Waals surface area contributed by atoms with Crippen LogP contribution >= 0.6 is 0 Å². The van der Waals surface area contributed by atoms with Crippen molar-refractivity contribution >= 4 is 5.82 Å². The van der Waals surface area contributed by atoms with Gasteiger partial charge >= 0.3 is 0 Å². The molecule has 0 aliphatic rings. The zero-order valence-electron chi connectivity index (χ0n) is 16.4. The Labute approximate surface area is 159 Å². The van der Waals surface area contributed by atoms with Gasteiger partial charge in [0.25, 0.3) is 0 Å². The summed E-state index contributed by atoms with van der Waals surface area (Å²) in [5.41, 5.74) is 12.1. The van der Waals surface area contributed by atoms with Crippen molar-refractivity contribution < 1.29 is 0 Å². The van der Waals surface area contributed by atoms with E-state index in [0.717, 1.165) is 27.9 Å². The molecule has 2 N–H and O–H groups in total. The standard InChI is InChI=1S/C21H24N6/c1-13-19(16-8-6-7-15(9-16)14(2)26(3)4)18(10-22)21(23)25-20(13)17-11-24-27(5)12-17/h6-9,11-12,14H,1-5H3,(H2,23,25)/t14-/m0/s1.